The van der Waals surface area contributed by atoms with E-state index in [0.717, 1.165) is 11.1 Å². The predicted molar refractivity (Wildman–Crippen MR) is 111 cm³/mol. The number of hydrogen-bond donors (Lipinski definition) is 2. The molecule has 0 radical (unpaired) electrons. The molecule has 0 aliphatic heterocycles. The van der Waals surface area contributed by atoms with Gasteiger partial charge in [-0.1, -0.05) is 12.1 Å². The quantitative estimate of drug-likeness (QED) is 0.457. The first-order valence-corrected chi connectivity index (χ1v) is 10.2. The average molecular weight is 414 g/mol. The van der Waals surface area contributed by atoms with Gasteiger partial charge in [0, 0.05) is 11.1 Å². The summed E-state index contributed by atoms with van der Waals surface area (Å²) in [6.45, 7) is 3.57. The molecule has 152 valence electrons. The molecule has 3 aromatic rings. The third kappa shape index (κ3) is 4.40. The minimum absolute atomic E-state index is 0.196. The van der Waals surface area contributed by atoms with Gasteiger partial charge in [0.2, 0.25) is 0 Å². The molecular formula is C20H22N4O4S. The highest BCUT2D eigenvalue weighted by atomic mass is 32.2. The van der Waals surface area contributed by atoms with Gasteiger partial charge in [0.05, 0.1) is 37.2 Å². The molecule has 0 amide bonds. The van der Waals surface area contributed by atoms with Gasteiger partial charge >= 0.3 is 0 Å². The van der Waals surface area contributed by atoms with Crippen molar-refractivity contribution in [3.8, 4) is 22.8 Å². The van der Waals surface area contributed by atoms with Crippen LogP contribution in [0.15, 0.2) is 52.6 Å². The molecule has 0 saturated heterocycles. The number of aromatic nitrogens is 2. The Morgan fingerprint density at radius 3 is 2.55 bits per heavy atom. The Morgan fingerprint density at radius 2 is 1.83 bits per heavy atom. The van der Waals surface area contributed by atoms with Gasteiger partial charge in [0.1, 0.15) is 0 Å². The molecular weight excluding hydrogens is 392 g/mol. The van der Waals surface area contributed by atoms with Crippen molar-refractivity contribution >= 4 is 16.2 Å². The van der Waals surface area contributed by atoms with Crippen molar-refractivity contribution in [2.45, 2.75) is 18.7 Å². The van der Waals surface area contributed by atoms with E-state index in [1.165, 1.54) is 6.21 Å². The number of rotatable bonds is 7. The van der Waals surface area contributed by atoms with E-state index in [4.69, 9.17) is 9.47 Å². The fourth-order valence-electron chi connectivity index (χ4n) is 2.83. The van der Waals surface area contributed by atoms with Crippen molar-refractivity contribution in [3.63, 3.8) is 0 Å². The number of hydrazone groups is 1. The summed E-state index contributed by atoms with van der Waals surface area (Å²) in [4.78, 5) is 2.45. The number of aryl methyl sites for hydroxylation is 2. The lowest BCUT2D eigenvalue weighted by atomic mass is 10.1. The lowest BCUT2D eigenvalue weighted by Crippen LogP contribution is -2.19. The number of nitrogens with one attached hydrogen (secondary N) is 2. The number of ether oxygens (including phenoxy) is 2. The maximum atomic E-state index is 12.6. The van der Waals surface area contributed by atoms with E-state index in [0.29, 0.717) is 28.3 Å². The summed E-state index contributed by atoms with van der Waals surface area (Å²) < 4.78 is 35.7. The molecule has 2 N–H and O–H groups in total. The van der Waals surface area contributed by atoms with Crippen LogP contribution in [-0.2, 0) is 10.0 Å². The monoisotopic (exact) mass is 414 g/mol. The van der Waals surface area contributed by atoms with E-state index in [-0.39, 0.29) is 4.90 Å². The molecule has 8 nitrogen and oxygen atoms in total. The normalized spacial score (nSPS) is 11.6. The van der Waals surface area contributed by atoms with Crippen LogP contribution in [0, 0.1) is 13.8 Å². The van der Waals surface area contributed by atoms with Crippen molar-refractivity contribution in [1.82, 2.24) is 15.0 Å². The van der Waals surface area contributed by atoms with Gasteiger partial charge in [-0.2, -0.15) is 18.6 Å². The predicted octanol–water partition coefficient (Wildman–Crippen LogP) is 3.02. The van der Waals surface area contributed by atoms with Crippen LogP contribution in [0.4, 0.5) is 0 Å². The summed E-state index contributed by atoms with van der Waals surface area (Å²) in [6, 6.07) is 10.6. The zero-order valence-electron chi connectivity index (χ0n) is 16.6. The van der Waals surface area contributed by atoms with Gasteiger partial charge in [0.15, 0.2) is 11.5 Å². The molecule has 0 aliphatic rings. The maximum absolute atomic E-state index is 12.6. The van der Waals surface area contributed by atoms with Crippen LogP contribution >= 0.6 is 0 Å². The first-order valence-electron chi connectivity index (χ1n) is 8.73. The Kier molecular flexibility index (Phi) is 5.88. The van der Waals surface area contributed by atoms with Gasteiger partial charge in [-0.3, -0.25) is 5.10 Å². The second-order valence-electron chi connectivity index (χ2n) is 6.39. The average Bonchev–Trinajstić information content (AvgIpc) is 3.17. The van der Waals surface area contributed by atoms with Crippen LogP contribution in [-0.4, -0.2) is 39.0 Å². The third-order valence-corrected chi connectivity index (χ3v) is 5.72. The van der Waals surface area contributed by atoms with Gasteiger partial charge < -0.3 is 9.47 Å². The van der Waals surface area contributed by atoms with Crippen LogP contribution in [0.25, 0.3) is 11.3 Å². The van der Waals surface area contributed by atoms with E-state index in [9.17, 15) is 8.42 Å². The summed E-state index contributed by atoms with van der Waals surface area (Å²) >= 11 is 0. The standard InChI is InChI=1S/C20H22N4O4S/c1-13-5-6-14(2)19(9-13)29(25,26)24-22-12-16-11-21-23-20(16)15-7-8-17(27-3)18(10-15)28-4/h5-12,24H,1-4H3,(H,21,23). The molecule has 0 bridgehead atoms. The number of H-pyrrole nitrogens is 1. The maximum Gasteiger partial charge on any atom is 0.276 e. The molecule has 1 aromatic heterocycles. The number of sulfonamides is 1. The molecule has 3 rings (SSSR count). The zero-order valence-corrected chi connectivity index (χ0v) is 17.4. The highest BCUT2D eigenvalue weighted by Crippen LogP contribution is 2.32. The van der Waals surface area contributed by atoms with Crippen LogP contribution in [0.3, 0.4) is 0 Å². The summed E-state index contributed by atoms with van der Waals surface area (Å²) in [7, 11) is -0.661. The Morgan fingerprint density at radius 1 is 1.07 bits per heavy atom. The molecule has 9 heteroatoms. The highest BCUT2D eigenvalue weighted by molar-refractivity contribution is 7.89. The molecule has 2 aromatic carbocycles. The Labute approximate surface area is 169 Å². The van der Waals surface area contributed by atoms with E-state index >= 15 is 0 Å². The fourth-order valence-corrected chi connectivity index (χ4v) is 3.95. The topological polar surface area (TPSA) is 106 Å². The summed E-state index contributed by atoms with van der Waals surface area (Å²) in [5.74, 6) is 1.17. The summed E-state index contributed by atoms with van der Waals surface area (Å²) in [5, 5.41) is 10.8. The van der Waals surface area contributed by atoms with Crippen LogP contribution < -0.4 is 14.3 Å². The number of aromatic amines is 1. The molecule has 0 saturated carbocycles. The molecule has 29 heavy (non-hydrogen) atoms. The minimum atomic E-state index is -3.78. The molecule has 0 unspecified atom stereocenters. The van der Waals surface area contributed by atoms with E-state index in [2.05, 4.69) is 20.1 Å². The van der Waals surface area contributed by atoms with Crippen molar-refractivity contribution in [2.75, 3.05) is 14.2 Å². The smallest absolute Gasteiger partial charge is 0.276 e. The molecule has 0 spiro atoms. The van der Waals surface area contributed by atoms with Crippen LogP contribution in [0.2, 0.25) is 0 Å². The molecule has 1 heterocycles. The van der Waals surface area contributed by atoms with Crippen molar-refractivity contribution in [3.05, 3.63) is 59.3 Å². The Hall–Kier alpha value is -3.33. The third-order valence-electron chi connectivity index (χ3n) is 4.35. The van der Waals surface area contributed by atoms with E-state index in [1.54, 1.807) is 51.6 Å². The SMILES string of the molecule is COc1ccc(-c2[nH]ncc2C=NNS(=O)(=O)c2cc(C)ccc2C)cc1OC. The number of benzene rings is 2. The van der Waals surface area contributed by atoms with Gasteiger partial charge in [0.25, 0.3) is 10.0 Å². The first kappa shape index (κ1) is 20.4. The van der Waals surface area contributed by atoms with E-state index < -0.39 is 10.0 Å². The van der Waals surface area contributed by atoms with Gasteiger partial charge in [-0.25, -0.2) is 4.83 Å². The van der Waals surface area contributed by atoms with Crippen molar-refractivity contribution < 1.29 is 17.9 Å². The summed E-state index contributed by atoms with van der Waals surface area (Å²) in [5.41, 5.74) is 3.57. The van der Waals surface area contributed by atoms with Crippen LogP contribution in [0.5, 0.6) is 11.5 Å². The van der Waals surface area contributed by atoms with Gasteiger partial charge in [-0.05, 0) is 49.2 Å². The molecule has 0 atom stereocenters. The largest absolute Gasteiger partial charge is 0.493 e. The number of nitrogens with zero attached hydrogens (tertiary/aromatic N) is 2. The molecule has 0 aliphatic carbocycles. The van der Waals surface area contributed by atoms with E-state index in [1.807, 2.05) is 19.1 Å². The molecule has 0 fully saturated rings. The Bertz CT molecular complexity index is 1150. The van der Waals surface area contributed by atoms with Crippen molar-refractivity contribution in [2.24, 2.45) is 5.10 Å². The minimum Gasteiger partial charge on any atom is -0.493 e. The highest BCUT2D eigenvalue weighted by Gasteiger charge is 2.16. The van der Waals surface area contributed by atoms with Crippen LogP contribution in [0.1, 0.15) is 16.7 Å². The second kappa shape index (κ2) is 8.36. The van der Waals surface area contributed by atoms with Gasteiger partial charge in [-0.15, -0.1) is 0 Å². The number of hydrogen-bond acceptors (Lipinski definition) is 6. The Balaban J connectivity index is 1.85. The zero-order chi connectivity index (χ0) is 21.0. The second-order valence-corrected chi connectivity index (χ2v) is 8.02. The number of methoxy groups -OCH3 is 2. The fraction of sp³-hybridized carbons (Fsp3) is 0.200. The summed E-state index contributed by atoms with van der Waals surface area (Å²) in [6.07, 6.45) is 2.96. The van der Waals surface area contributed by atoms with Crippen molar-refractivity contribution in [1.29, 1.82) is 0 Å². The lowest BCUT2D eigenvalue weighted by molar-refractivity contribution is 0.355. The first-order chi connectivity index (χ1) is 13.9. The lowest BCUT2D eigenvalue weighted by Gasteiger charge is -2.09.